The lowest BCUT2D eigenvalue weighted by molar-refractivity contribution is -0.123. The zero-order valence-corrected chi connectivity index (χ0v) is 14.2. The van der Waals surface area contributed by atoms with Crippen LogP contribution in [0, 0.1) is 0 Å². The van der Waals surface area contributed by atoms with Crippen molar-refractivity contribution in [3.63, 3.8) is 0 Å². The second kappa shape index (κ2) is 8.36. The van der Waals surface area contributed by atoms with Crippen LogP contribution in [0.3, 0.4) is 0 Å². The van der Waals surface area contributed by atoms with Crippen LogP contribution in [0.1, 0.15) is 24.2 Å². The van der Waals surface area contributed by atoms with Crippen molar-refractivity contribution in [2.45, 2.75) is 20.0 Å². The van der Waals surface area contributed by atoms with Crippen LogP contribution in [-0.2, 0) is 9.53 Å². The summed E-state index contributed by atoms with van der Waals surface area (Å²) in [6.07, 6.45) is -0.956. The smallest absolute Gasteiger partial charge is 0.338 e. The topological polar surface area (TPSA) is 64.6 Å². The summed E-state index contributed by atoms with van der Waals surface area (Å²) in [4.78, 5) is 24.2. The van der Waals surface area contributed by atoms with Crippen molar-refractivity contribution in [2.24, 2.45) is 0 Å². The summed E-state index contributed by atoms with van der Waals surface area (Å²) in [5.41, 5.74) is 0.854. The third-order valence-electron chi connectivity index (χ3n) is 3.18. The van der Waals surface area contributed by atoms with Crippen LogP contribution in [-0.4, -0.2) is 24.6 Å². The maximum atomic E-state index is 12.2. The lowest BCUT2D eigenvalue weighted by atomic mass is 10.2. The minimum absolute atomic E-state index is 0.328. The molecule has 6 heteroatoms. The fourth-order valence-electron chi connectivity index (χ4n) is 1.95. The van der Waals surface area contributed by atoms with E-state index in [-0.39, 0.29) is 0 Å². The van der Waals surface area contributed by atoms with Crippen LogP contribution in [0.5, 0.6) is 5.75 Å². The average Bonchev–Trinajstić information content (AvgIpc) is 2.57. The maximum Gasteiger partial charge on any atom is 0.338 e. The summed E-state index contributed by atoms with van der Waals surface area (Å²) >= 11 is 5.78. The molecule has 2 rings (SSSR count). The summed E-state index contributed by atoms with van der Waals surface area (Å²) < 4.78 is 10.6. The van der Waals surface area contributed by atoms with Gasteiger partial charge in [-0.3, -0.25) is 4.79 Å². The van der Waals surface area contributed by atoms with Crippen LogP contribution in [0.2, 0.25) is 5.02 Å². The molecule has 1 amide bonds. The van der Waals surface area contributed by atoms with Crippen LogP contribution >= 0.6 is 11.6 Å². The Balaban J connectivity index is 1.99. The van der Waals surface area contributed by atoms with Crippen molar-refractivity contribution >= 4 is 29.2 Å². The predicted octanol–water partition coefficient (Wildman–Crippen LogP) is 3.92. The molecule has 0 aromatic heterocycles. The lowest BCUT2D eigenvalue weighted by Gasteiger charge is -2.15. The van der Waals surface area contributed by atoms with E-state index in [9.17, 15) is 9.59 Å². The molecule has 24 heavy (non-hydrogen) atoms. The number of amides is 1. The third kappa shape index (κ3) is 4.73. The number of rotatable bonds is 6. The minimum atomic E-state index is -0.956. The van der Waals surface area contributed by atoms with E-state index < -0.39 is 18.0 Å². The summed E-state index contributed by atoms with van der Waals surface area (Å²) in [5.74, 6) is -0.471. The van der Waals surface area contributed by atoms with Gasteiger partial charge in [0, 0.05) is 5.02 Å². The largest absolute Gasteiger partial charge is 0.492 e. The fourth-order valence-corrected chi connectivity index (χ4v) is 2.08. The molecule has 0 bridgehead atoms. The molecular formula is C18H18ClNO4. The first-order valence-electron chi connectivity index (χ1n) is 7.50. The van der Waals surface area contributed by atoms with E-state index in [1.165, 1.54) is 6.92 Å². The quantitative estimate of drug-likeness (QED) is 0.804. The maximum absolute atomic E-state index is 12.2. The highest BCUT2D eigenvalue weighted by Crippen LogP contribution is 2.24. The Kier molecular flexibility index (Phi) is 6.21. The number of anilines is 1. The van der Waals surface area contributed by atoms with Gasteiger partial charge in [0.25, 0.3) is 5.91 Å². The molecule has 0 radical (unpaired) electrons. The molecular weight excluding hydrogens is 330 g/mol. The number of benzene rings is 2. The van der Waals surface area contributed by atoms with Gasteiger partial charge < -0.3 is 14.8 Å². The summed E-state index contributed by atoms with van der Waals surface area (Å²) in [5, 5.41) is 3.22. The molecule has 0 unspecified atom stereocenters. The van der Waals surface area contributed by atoms with Gasteiger partial charge in [-0.25, -0.2) is 4.79 Å². The SMILES string of the molecule is CCOc1ccccc1NC(=O)[C@H](C)OC(=O)c1ccc(Cl)cc1. The highest BCUT2D eigenvalue weighted by Gasteiger charge is 2.20. The van der Waals surface area contributed by atoms with Crippen molar-refractivity contribution in [1.82, 2.24) is 0 Å². The Morgan fingerprint density at radius 2 is 1.79 bits per heavy atom. The number of hydrogen-bond donors (Lipinski definition) is 1. The fraction of sp³-hybridized carbons (Fsp3) is 0.222. The standard InChI is InChI=1S/C18H18ClNO4/c1-3-23-16-7-5-4-6-15(16)20-17(21)12(2)24-18(22)13-8-10-14(19)11-9-13/h4-12H,3H2,1-2H3,(H,20,21)/t12-/m0/s1. The van der Waals surface area contributed by atoms with Gasteiger partial charge in [0.1, 0.15) is 5.75 Å². The van der Waals surface area contributed by atoms with Crippen LogP contribution in [0.15, 0.2) is 48.5 Å². The zero-order valence-electron chi connectivity index (χ0n) is 13.4. The van der Waals surface area contributed by atoms with Crippen molar-refractivity contribution in [2.75, 3.05) is 11.9 Å². The monoisotopic (exact) mass is 347 g/mol. The second-order valence-corrected chi connectivity index (χ2v) is 5.41. The number of carbonyl (C=O) groups excluding carboxylic acids is 2. The Morgan fingerprint density at radius 3 is 2.46 bits per heavy atom. The highest BCUT2D eigenvalue weighted by molar-refractivity contribution is 6.30. The van der Waals surface area contributed by atoms with Crippen LogP contribution in [0.25, 0.3) is 0 Å². The van der Waals surface area contributed by atoms with E-state index in [0.717, 1.165) is 0 Å². The Morgan fingerprint density at radius 1 is 1.12 bits per heavy atom. The number of hydrogen-bond acceptors (Lipinski definition) is 4. The van der Waals surface area contributed by atoms with Gasteiger partial charge in [-0.15, -0.1) is 0 Å². The lowest BCUT2D eigenvalue weighted by Crippen LogP contribution is -2.30. The second-order valence-electron chi connectivity index (χ2n) is 4.97. The molecule has 126 valence electrons. The number of esters is 1. The first-order chi connectivity index (χ1) is 11.5. The normalized spacial score (nSPS) is 11.5. The molecule has 0 saturated heterocycles. The molecule has 2 aromatic rings. The van der Waals surface area contributed by atoms with Crippen LogP contribution < -0.4 is 10.1 Å². The van der Waals surface area contributed by atoms with Crippen molar-refractivity contribution < 1.29 is 19.1 Å². The predicted molar refractivity (Wildman–Crippen MR) is 92.6 cm³/mol. The Hall–Kier alpha value is -2.53. The van der Waals surface area contributed by atoms with E-state index in [0.29, 0.717) is 28.6 Å². The van der Waals surface area contributed by atoms with Crippen LogP contribution in [0.4, 0.5) is 5.69 Å². The number of halogens is 1. The van der Waals surface area contributed by atoms with Gasteiger partial charge in [-0.1, -0.05) is 23.7 Å². The zero-order chi connectivity index (χ0) is 17.5. The summed E-state index contributed by atoms with van der Waals surface area (Å²) in [7, 11) is 0. The third-order valence-corrected chi connectivity index (χ3v) is 3.43. The molecule has 0 aliphatic heterocycles. The molecule has 0 aliphatic rings. The van der Waals surface area contributed by atoms with E-state index in [2.05, 4.69) is 5.32 Å². The molecule has 2 aromatic carbocycles. The molecule has 1 atom stereocenters. The molecule has 0 saturated carbocycles. The molecule has 0 fully saturated rings. The number of ether oxygens (including phenoxy) is 2. The highest BCUT2D eigenvalue weighted by atomic mass is 35.5. The van der Waals surface area contributed by atoms with Crippen molar-refractivity contribution in [3.8, 4) is 5.75 Å². The first-order valence-corrected chi connectivity index (χ1v) is 7.88. The van der Waals surface area contributed by atoms with E-state index >= 15 is 0 Å². The molecule has 5 nitrogen and oxygen atoms in total. The summed E-state index contributed by atoms with van der Waals surface area (Å²) in [6, 6.07) is 13.3. The van der Waals surface area contributed by atoms with Gasteiger partial charge in [0.15, 0.2) is 6.10 Å². The van der Waals surface area contributed by atoms with E-state index in [1.807, 2.05) is 13.0 Å². The van der Waals surface area contributed by atoms with Gasteiger partial charge in [-0.05, 0) is 50.2 Å². The molecule has 0 heterocycles. The van der Waals surface area contributed by atoms with E-state index in [1.54, 1.807) is 42.5 Å². The Labute approximate surface area is 145 Å². The first kappa shape index (κ1) is 17.8. The van der Waals surface area contributed by atoms with Gasteiger partial charge in [-0.2, -0.15) is 0 Å². The number of nitrogens with one attached hydrogen (secondary N) is 1. The van der Waals surface area contributed by atoms with Gasteiger partial charge in [0.05, 0.1) is 17.9 Å². The number of para-hydroxylation sites is 2. The van der Waals surface area contributed by atoms with E-state index in [4.69, 9.17) is 21.1 Å². The van der Waals surface area contributed by atoms with Crippen molar-refractivity contribution in [1.29, 1.82) is 0 Å². The summed E-state index contributed by atoms with van der Waals surface area (Å²) in [6.45, 7) is 3.84. The van der Waals surface area contributed by atoms with Gasteiger partial charge >= 0.3 is 5.97 Å². The minimum Gasteiger partial charge on any atom is -0.492 e. The Bertz CT molecular complexity index is 715. The molecule has 0 spiro atoms. The number of carbonyl (C=O) groups is 2. The van der Waals surface area contributed by atoms with Crippen molar-refractivity contribution in [3.05, 3.63) is 59.1 Å². The van der Waals surface area contributed by atoms with Gasteiger partial charge in [0.2, 0.25) is 0 Å². The molecule has 0 aliphatic carbocycles. The average molecular weight is 348 g/mol. The molecule has 1 N–H and O–H groups in total.